The Balaban J connectivity index is 0. The van der Waals surface area contributed by atoms with Crippen molar-refractivity contribution in [2.45, 2.75) is 6.92 Å². The van der Waals surface area contributed by atoms with E-state index >= 15 is 0 Å². The summed E-state index contributed by atoms with van der Waals surface area (Å²) in [6, 6.07) is 0. The second-order valence-corrected chi connectivity index (χ2v) is 1.61. The molecule has 0 spiro atoms. The van der Waals surface area contributed by atoms with Crippen LogP contribution in [0.3, 0.4) is 0 Å². The summed E-state index contributed by atoms with van der Waals surface area (Å²) in [6.45, 7) is 2.94. The number of nitrogens with zero attached hydrogens (tertiary/aromatic N) is 1. The molecule has 1 nitrogen and oxygen atoms in total. The van der Waals surface area contributed by atoms with E-state index in [0.29, 0.717) is 0 Å². The molecule has 0 atom stereocenters. The molecule has 0 aliphatic carbocycles. The van der Waals surface area contributed by atoms with Gasteiger partial charge in [-0.05, 0) is 20.5 Å². The molecule has 0 aliphatic heterocycles. The van der Waals surface area contributed by atoms with Crippen molar-refractivity contribution in [3.8, 4) is 0 Å². The summed E-state index contributed by atoms with van der Waals surface area (Å²) in [7, 11) is 5.60. The van der Waals surface area contributed by atoms with E-state index in [1.807, 2.05) is 24.9 Å². The van der Waals surface area contributed by atoms with Gasteiger partial charge in [0.15, 0.2) is 0 Å². The van der Waals surface area contributed by atoms with Crippen molar-refractivity contribution in [1.82, 2.24) is 4.90 Å². The Morgan fingerprint density at radius 1 is 1.62 bits per heavy atom. The molecule has 2 heteroatoms. The Kier molecular flexibility index (Phi) is 11.3. The number of rotatable bonds is 2. The molecule has 0 rings (SSSR count). The van der Waals surface area contributed by atoms with Gasteiger partial charge in [0.1, 0.15) is 0 Å². The van der Waals surface area contributed by atoms with Crippen LogP contribution in [0.15, 0.2) is 12.2 Å². The van der Waals surface area contributed by atoms with Crippen LogP contribution < -0.4 is 0 Å². The van der Waals surface area contributed by atoms with E-state index in [2.05, 4.69) is 13.1 Å². The number of allylic oxidation sites excluding steroid dienone is 1. The Bertz CT molecular complexity index is 59.5. The second kappa shape index (κ2) is 7.80. The van der Waals surface area contributed by atoms with E-state index in [1.54, 1.807) is 0 Å². The maximum absolute atomic E-state index is 3.66. The molecular formula is C6H12NY+2. The van der Waals surface area contributed by atoms with Crippen LogP contribution in [-0.2, 0) is 32.7 Å². The average molecular weight is 187 g/mol. The zero-order chi connectivity index (χ0) is 5.70. The fourth-order valence-corrected chi connectivity index (χ4v) is 0.285. The third-order valence-electron chi connectivity index (χ3n) is 0.653. The fraction of sp³-hybridized carbons (Fsp3) is 0.500. The Morgan fingerprint density at radius 3 is 2.25 bits per heavy atom. The van der Waals surface area contributed by atoms with Crippen molar-refractivity contribution >= 4 is 0 Å². The predicted octanol–water partition coefficient (Wildman–Crippen LogP) is 1.28. The van der Waals surface area contributed by atoms with E-state index in [4.69, 9.17) is 0 Å². The third-order valence-corrected chi connectivity index (χ3v) is 0.653. The van der Waals surface area contributed by atoms with Crippen molar-refractivity contribution < 1.29 is 32.7 Å². The van der Waals surface area contributed by atoms with Gasteiger partial charge in [0, 0.05) is 0 Å². The van der Waals surface area contributed by atoms with Gasteiger partial charge in [-0.25, -0.2) is 0 Å². The smallest absolute Gasteiger partial charge is 0.459 e. The van der Waals surface area contributed by atoms with Crippen molar-refractivity contribution in [2.75, 3.05) is 13.6 Å². The SMILES string of the molecule is [CH2-]N(C)C/C=C/C.[Y+3]. The minimum atomic E-state index is 0. The molecule has 0 unspecified atom stereocenters. The summed E-state index contributed by atoms with van der Waals surface area (Å²) >= 11 is 0. The minimum absolute atomic E-state index is 0. The Morgan fingerprint density at radius 2 is 2.12 bits per heavy atom. The fourth-order valence-electron chi connectivity index (χ4n) is 0.285. The molecule has 0 amide bonds. The van der Waals surface area contributed by atoms with Gasteiger partial charge in [-0.1, -0.05) is 12.2 Å². The zero-order valence-electron chi connectivity index (χ0n) is 5.59. The molecule has 8 heavy (non-hydrogen) atoms. The predicted molar refractivity (Wildman–Crippen MR) is 32.8 cm³/mol. The molecule has 42 valence electrons. The number of hydrogen-bond donors (Lipinski definition) is 0. The minimum Gasteiger partial charge on any atom is -0.459 e. The maximum atomic E-state index is 3.66. The van der Waals surface area contributed by atoms with Crippen molar-refractivity contribution in [3.05, 3.63) is 19.2 Å². The van der Waals surface area contributed by atoms with E-state index in [9.17, 15) is 0 Å². The summed E-state index contributed by atoms with van der Waals surface area (Å²) in [5.74, 6) is 0. The molecule has 0 saturated carbocycles. The molecular weight excluding hydrogens is 175 g/mol. The molecule has 0 aliphatic rings. The quantitative estimate of drug-likeness (QED) is 0.465. The van der Waals surface area contributed by atoms with Gasteiger partial charge < -0.3 is 4.90 Å². The summed E-state index contributed by atoms with van der Waals surface area (Å²) in [4.78, 5) is 1.88. The molecule has 0 saturated heterocycles. The zero-order valence-corrected chi connectivity index (χ0v) is 8.43. The molecule has 0 bridgehead atoms. The van der Waals surface area contributed by atoms with E-state index in [1.165, 1.54) is 0 Å². The molecule has 0 N–H and O–H groups in total. The molecule has 0 radical (unpaired) electrons. The molecule has 0 aromatic rings. The summed E-state index contributed by atoms with van der Waals surface area (Å²) in [6.07, 6.45) is 4.08. The van der Waals surface area contributed by atoms with Crippen molar-refractivity contribution in [1.29, 1.82) is 0 Å². The van der Waals surface area contributed by atoms with Crippen molar-refractivity contribution in [2.24, 2.45) is 0 Å². The first-order valence-corrected chi connectivity index (χ1v) is 2.40. The number of likely N-dealkylation sites (N-methyl/N-ethyl adjacent to an activating group) is 1. The first-order chi connectivity index (χ1) is 3.27. The first-order valence-electron chi connectivity index (χ1n) is 2.40. The van der Waals surface area contributed by atoms with Crippen molar-refractivity contribution in [3.63, 3.8) is 0 Å². The van der Waals surface area contributed by atoms with E-state index in [0.717, 1.165) is 6.54 Å². The summed E-state index contributed by atoms with van der Waals surface area (Å²) in [5.41, 5.74) is 0. The van der Waals surface area contributed by atoms with Gasteiger partial charge in [0.05, 0.1) is 0 Å². The average Bonchev–Trinajstić information content (AvgIpc) is 1.61. The summed E-state index contributed by atoms with van der Waals surface area (Å²) in [5, 5.41) is 0. The Hall–Kier alpha value is 0.804. The second-order valence-electron chi connectivity index (χ2n) is 1.61. The molecule has 0 fully saturated rings. The van der Waals surface area contributed by atoms with E-state index in [-0.39, 0.29) is 32.7 Å². The number of hydrogen-bond acceptors (Lipinski definition) is 1. The van der Waals surface area contributed by atoms with E-state index < -0.39 is 0 Å². The molecule has 0 aromatic carbocycles. The van der Waals surface area contributed by atoms with Gasteiger partial charge in [-0.15, -0.1) is 0 Å². The molecule has 0 aromatic heterocycles. The van der Waals surface area contributed by atoms with Crippen LogP contribution >= 0.6 is 0 Å². The van der Waals surface area contributed by atoms with Gasteiger partial charge in [0.2, 0.25) is 0 Å². The van der Waals surface area contributed by atoms with Crippen LogP contribution in [0, 0.1) is 7.05 Å². The normalized spacial score (nSPS) is 10.0. The topological polar surface area (TPSA) is 3.24 Å². The van der Waals surface area contributed by atoms with Crippen LogP contribution in [0.5, 0.6) is 0 Å². The third kappa shape index (κ3) is 9.93. The summed E-state index contributed by atoms with van der Waals surface area (Å²) < 4.78 is 0. The Labute approximate surface area is 77.0 Å². The first kappa shape index (κ1) is 11.6. The van der Waals surface area contributed by atoms with Crippen LogP contribution in [0.25, 0.3) is 0 Å². The van der Waals surface area contributed by atoms with Crippen LogP contribution in [0.1, 0.15) is 6.92 Å². The van der Waals surface area contributed by atoms with Gasteiger partial charge in [-0.3, -0.25) is 7.05 Å². The van der Waals surface area contributed by atoms with Crippen LogP contribution in [0.2, 0.25) is 0 Å². The van der Waals surface area contributed by atoms with Gasteiger partial charge >= 0.3 is 32.7 Å². The standard InChI is InChI=1S/C6H12N.Y/c1-4-5-6-7(2)3;/h4-5H,2,6H2,1,3H3;/q-1;+3/b5-4+;. The monoisotopic (exact) mass is 187 g/mol. The van der Waals surface area contributed by atoms with Crippen LogP contribution in [-0.4, -0.2) is 18.5 Å². The maximum Gasteiger partial charge on any atom is 3.00 e. The van der Waals surface area contributed by atoms with Gasteiger partial charge in [-0.2, -0.15) is 0 Å². The van der Waals surface area contributed by atoms with Crippen LogP contribution in [0.4, 0.5) is 0 Å². The largest absolute Gasteiger partial charge is 3.00 e. The van der Waals surface area contributed by atoms with Gasteiger partial charge in [0.25, 0.3) is 0 Å². The molecule has 0 heterocycles.